The van der Waals surface area contributed by atoms with Gasteiger partial charge in [-0.3, -0.25) is 4.98 Å². The van der Waals surface area contributed by atoms with Crippen molar-refractivity contribution in [2.45, 2.75) is 39.7 Å². The SMILES string of the molecule is Cc1cc(CC(C)(C)N)c2cccc(C)c2n1. The number of pyridine rings is 1. The number of hydrogen-bond acceptors (Lipinski definition) is 2. The highest BCUT2D eigenvalue weighted by Crippen LogP contribution is 2.23. The molecule has 2 rings (SSSR count). The Morgan fingerprint density at radius 3 is 2.59 bits per heavy atom. The van der Waals surface area contributed by atoms with E-state index < -0.39 is 0 Å². The first-order valence-corrected chi connectivity index (χ1v) is 6.01. The molecule has 0 radical (unpaired) electrons. The van der Waals surface area contributed by atoms with Gasteiger partial charge in [0, 0.05) is 16.6 Å². The van der Waals surface area contributed by atoms with Crippen molar-refractivity contribution in [1.82, 2.24) is 4.98 Å². The van der Waals surface area contributed by atoms with Gasteiger partial charge in [0.25, 0.3) is 0 Å². The van der Waals surface area contributed by atoms with Gasteiger partial charge in [0.1, 0.15) is 0 Å². The minimum absolute atomic E-state index is 0.190. The molecule has 0 spiro atoms. The topological polar surface area (TPSA) is 38.9 Å². The fourth-order valence-electron chi connectivity index (χ4n) is 2.24. The molecule has 0 aliphatic carbocycles. The zero-order valence-corrected chi connectivity index (χ0v) is 11.0. The minimum Gasteiger partial charge on any atom is -0.325 e. The molecular weight excluding hydrogens is 208 g/mol. The van der Waals surface area contributed by atoms with Crippen molar-refractivity contribution in [3.05, 3.63) is 41.1 Å². The molecule has 2 N–H and O–H groups in total. The predicted octanol–water partition coefficient (Wildman–Crippen LogP) is 3.13. The van der Waals surface area contributed by atoms with E-state index in [2.05, 4.69) is 50.0 Å². The van der Waals surface area contributed by atoms with Crippen LogP contribution in [0.2, 0.25) is 0 Å². The van der Waals surface area contributed by atoms with Gasteiger partial charge in [0.2, 0.25) is 0 Å². The van der Waals surface area contributed by atoms with E-state index >= 15 is 0 Å². The number of nitrogens with two attached hydrogens (primary N) is 1. The summed E-state index contributed by atoms with van der Waals surface area (Å²) in [6, 6.07) is 8.47. The average molecular weight is 228 g/mol. The van der Waals surface area contributed by atoms with Crippen LogP contribution in [0.4, 0.5) is 0 Å². The summed E-state index contributed by atoms with van der Waals surface area (Å²) in [5, 5.41) is 1.23. The summed E-state index contributed by atoms with van der Waals surface area (Å²) < 4.78 is 0. The molecule has 0 saturated heterocycles. The third kappa shape index (κ3) is 2.64. The van der Waals surface area contributed by atoms with Gasteiger partial charge in [-0.1, -0.05) is 18.2 Å². The lowest BCUT2D eigenvalue weighted by molar-refractivity contribution is 0.518. The third-order valence-corrected chi connectivity index (χ3v) is 2.90. The molecule has 0 aliphatic heterocycles. The number of rotatable bonds is 2. The number of hydrogen-bond donors (Lipinski definition) is 1. The smallest absolute Gasteiger partial charge is 0.0737 e. The number of para-hydroxylation sites is 1. The molecular formula is C15H20N2. The second kappa shape index (κ2) is 4.11. The van der Waals surface area contributed by atoms with Crippen LogP contribution < -0.4 is 5.73 Å². The molecule has 2 nitrogen and oxygen atoms in total. The highest BCUT2D eigenvalue weighted by atomic mass is 14.7. The first-order chi connectivity index (χ1) is 7.87. The number of benzene rings is 1. The molecule has 2 aromatic rings. The van der Waals surface area contributed by atoms with Crippen LogP contribution in [0.1, 0.15) is 30.7 Å². The van der Waals surface area contributed by atoms with Gasteiger partial charge in [0.15, 0.2) is 0 Å². The Hall–Kier alpha value is -1.41. The van der Waals surface area contributed by atoms with Crippen molar-refractivity contribution in [2.75, 3.05) is 0 Å². The summed E-state index contributed by atoms with van der Waals surface area (Å²) in [7, 11) is 0. The first kappa shape index (κ1) is 12.1. The molecule has 0 unspecified atom stereocenters. The summed E-state index contributed by atoms with van der Waals surface area (Å²) in [5.41, 5.74) is 10.6. The zero-order chi connectivity index (χ0) is 12.6. The van der Waals surface area contributed by atoms with Crippen LogP contribution in [0.25, 0.3) is 10.9 Å². The normalized spacial score (nSPS) is 12.1. The maximum atomic E-state index is 6.13. The largest absolute Gasteiger partial charge is 0.325 e. The maximum absolute atomic E-state index is 6.13. The molecule has 1 heterocycles. The molecule has 0 fully saturated rings. The van der Waals surface area contributed by atoms with Crippen molar-refractivity contribution in [3.8, 4) is 0 Å². The lowest BCUT2D eigenvalue weighted by atomic mass is 9.93. The first-order valence-electron chi connectivity index (χ1n) is 6.01. The fourth-order valence-corrected chi connectivity index (χ4v) is 2.24. The third-order valence-electron chi connectivity index (χ3n) is 2.90. The van der Waals surface area contributed by atoms with Crippen molar-refractivity contribution in [3.63, 3.8) is 0 Å². The van der Waals surface area contributed by atoms with Gasteiger partial charge in [-0.2, -0.15) is 0 Å². The molecule has 0 aliphatic rings. The maximum Gasteiger partial charge on any atom is 0.0737 e. The monoisotopic (exact) mass is 228 g/mol. The zero-order valence-electron chi connectivity index (χ0n) is 11.0. The van der Waals surface area contributed by atoms with Crippen LogP contribution in [-0.2, 0) is 6.42 Å². The molecule has 1 aromatic heterocycles. The van der Waals surface area contributed by atoms with E-state index in [9.17, 15) is 0 Å². The predicted molar refractivity (Wildman–Crippen MR) is 73.2 cm³/mol. The molecule has 0 atom stereocenters. The van der Waals surface area contributed by atoms with E-state index in [0.717, 1.165) is 17.6 Å². The second-order valence-electron chi connectivity index (χ2n) is 5.56. The number of aryl methyl sites for hydroxylation is 2. The average Bonchev–Trinajstić information content (AvgIpc) is 2.17. The molecule has 0 saturated carbocycles. The highest BCUT2D eigenvalue weighted by Gasteiger charge is 2.15. The van der Waals surface area contributed by atoms with Crippen molar-refractivity contribution in [1.29, 1.82) is 0 Å². The number of fused-ring (bicyclic) bond motifs is 1. The van der Waals surface area contributed by atoms with Crippen molar-refractivity contribution in [2.24, 2.45) is 5.73 Å². The van der Waals surface area contributed by atoms with Crippen LogP contribution in [0.15, 0.2) is 24.3 Å². The summed E-state index contributed by atoms with van der Waals surface area (Å²) >= 11 is 0. The van der Waals surface area contributed by atoms with Gasteiger partial charge in [-0.15, -0.1) is 0 Å². The Balaban J connectivity index is 2.66. The quantitative estimate of drug-likeness (QED) is 0.857. The van der Waals surface area contributed by atoms with Crippen LogP contribution in [-0.4, -0.2) is 10.5 Å². The number of aromatic nitrogens is 1. The van der Waals surface area contributed by atoms with Crippen LogP contribution >= 0.6 is 0 Å². The lowest BCUT2D eigenvalue weighted by Crippen LogP contribution is -2.34. The Labute approximate surface area is 103 Å². The lowest BCUT2D eigenvalue weighted by Gasteiger charge is -2.20. The highest BCUT2D eigenvalue weighted by molar-refractivity contribution is 5.85. The molecule has 0 bridgehead atoms. The van der Waals surface area contributed by atoms with Crippen LogP contribution in [0.3, 0.4) is 0 Å². The van der Waals surface area contributed by atoms with Crippen molar-refractivity contribution < 1.29 is 0 Å². The summed E-state index contributed by atoms with van der Waals surface area (Å²) in [6.45, 7) is 8.26. The summed E-state index contributed by atoms with van der Waals surface area (Å²) in [6.07, 6.45) is 0.871. The van der Waals surface area contributed by atoms with Gasteiger partial charge >= 0.3 is 0 Å². The van der Waals surface area contributed by atoms with E-state index in [0.29, 0.717) is 0 Å². The summed E-state index contributed by atoms with van der Waals surface area (Å²) in [5.74, 6) is 0. The molecule has 2 heteroatoms. The van der Waals surface area contributed by atoms with Crippen molar-refractivity contribution >= 4 is 10.9 Å². The van der Waals surface area contributed by atoms with E-state index in [-0.39, 0.29) is 5.54 Å². The van der Waals surface area contributed by atoms with Crippen LogP contribution in [0, 0.1) is 13.8 Å². The van der Waals surface area contributed by atoms with Gasteiger partial charge in [0.05, 0.1) is 5.52 Å². The van der Waals surface area contributed by atoms with E-state index in [4.69, 9.17) is 5.73 Å². The van der Waals surface area contributed by atoms with Gasteiger partial charge in [-0.25, -0.2) is 0 Å². The molecule has 1 aromatic carbocycles. The second-order valence-corrected chi connectivity index (χ2v) is 5.56. The Bertz CT molecular complexity index is 551. The van der Waals surface area contributed by atoms with Gasteiger partial charge < -0.3 is 5.73 Å². The standard InChI is InChI=1S/C15H20N2/c1-10-6-5-7-13-12(9-15(3,4)16)8-11(2)17-14(10)13/h5-8H,9,16H2,1-4H3. The molecule has 0 amide bonds. The Morgan fingerprint density at radius 1 is 1.24 bits per heavy atom. The van der Waals surface area contributed by atoms with Crippen LogP contribution in [0.5, 0.6) is 0 Å². The van der Waals surface area contributed by atoms with Gasteiger partial charge in [-0.05, 0) is 51.3 Å². The Morgan fingerprint density at radius 2 is 1.94 bits per heavy atom. The van der Waals surface area contributed by atoms with E-state index in [1.807, 2.05) is 6.92 Å². The number of nitrogens with zero attached hydrogens (tertiary/aromatic N) is 1. The summed E-state index contributed by atoms with van der Waals surface area (Å²) in [4.78, 5) is 4.63. The van der Waals surface area contributed by atoms with E-state index in [1.54, 1.807) is 0 Å². The Kier molecular flexibility index (Phi) is 2.92. The molecule has 90 valence electrons. The fraction of sp³-hybridized carbons (Fsp3) is 0.400. The molecule has 17 heavy (non-hydrogen) atoms. The van der Waals surface area contributed by atoms with E-state index in [1.165, 1.54) is 16.5 Å². The minimum atomic E-state index is -0.190.